The lowest BCUT2D eigenvalue weighted by Crippen LogP contribution is -2.24. The highest BCUT2D eigenvalue weighted by atomic mass is 15.0. The second kappa shape index (κ2) is 4.42. The number of aryl methyl sites for hydroxylation is 1. The van der Waals surface area contributed by atoms with Crippen LogP contribution in [0.1, 0.15) is 18.5 Å². The molecule has 3 nitrogen and oxygen atoms in total. The summed E-state index contributed by atoms with van der Waals surface area (Å²) in [4.78, 5) is 4.37. The number of rotatable bonds is 5. The van der Waals surface area contributed by atoms with E-state index < -0.39 is 0 Å². The first-order valence-electron chi connectivity index (χ1n) is 5.25. The predicted octanol–water partition coefficient (Wildman–Crippen LogP) is 1.55. The van der Waals surface area contributed by atoms with Crippen LogP contribution in [0, 0.1) is 6.92 Å². The molecule has 1 aromatic heterocycles. The van der Waals surface area contributed by atoms with Crippen LogP contribution in [-0.2, 0) is 0 Å². The summed E-state index contributed by atoms with van der Waals surface area (Å²) >= 11 is 0. The molecule has 0 bridgehead atoms. The zero-order valence-corrected chi connectivity index (χ0v) is 8.59. The van der Waals surface area contributed by atoms with E-state index in [1.807, 2.05) is 25.1 Å². The summed E-state index contributed by atoms with van der Waals surface area (Å²) in [7, 11) is 0. The first kappa shape index (κ1) is 9.46. The van der Waals surface area contributed by atoms with Crippen molar-refractivity contribution in [3.8, 4) is 0 Å². The third-order valence-electron chi connectivity index (χ3n) is 2.33. The first-order valence-corrected chi connectivity index (χ1v) is 5.25. The highest BCUT2D eigenvalue weighted by Crippen LogP contribution is 2.17. The zero-order chi connectivity index (χ0) is 9.80. The molecule has 1 heterocycles. The van der Waals surface area contributed by atoms with E-state index in [1.54, 1.807) is 0 Å². The summed E-state index contributed by atoms with van der Waals surface area (Å²) in [5.41, 5.74) is 1.06. The number of aromatic nitrogens is 1. The van der Waals surface area contributed by atoms with Crippen molar-refractivity contribution < 1.29 is 0 Å². The monoisotopic (exact) mass is 191 g/mol. The molecule has 0 spiro atoms. The van der Waals surface area contributed by atoms with Gasteiger partial charge in [-0.05, 0) is 31.9 Å². The van der Waals surface area contributed by atoms with Crippen molar-refractivity contribution in [1.29, 1.82) is 0 Å². The largest absolute Gasteiger partial charge is 0.369 e. The molecular formula is C11H17N3. The van der Waals surface area contributed by atoms with Crippen LogP contribution in [0.5, 0.6) is 0 Å². The van der Waals surface area contributed by atoms with Crippen LogP contribution in [-0.4, -0.2) is 24.1 Å². The maximum atomic E-state index is 4.37. The summed E-state index contributed by atoms with van der Waals surface area (Å²) in [6.45, 7) is 3.99. The molecule has 14 heavy (non-hydrogen) atoms. The summed E-state index contributed by atoms with van der Waals surface area (Å²) in [5, 5.41) is 6.75. The van der Waals surface area contributed by atoms with E-state index in [2.05, 4.69) is 15.6 Å². The van der Waals surface area contributed by atoms with Crippen molar-refractivity contribution >= 4 is 5.82 Å². The van der Waals surface area contributed by atoms with E-state index in [4.69, 9.17) is 0 Å². The molecule has 76 valence electrons. The topological polar surface area (TPSA) is 37.0 Å². The van der Waals surface area contributed by atoms with E-state index in [0.717, 1.165) is 30.6 Å². The summed E-state index contributed by atoms with van der Waals surface area (Å²) in [5.74, 6) is 0.975. The van der Waals surface area contributed by atoms with Gasteiger partial charge in [-0.3, -0.25) is 0 Å². The Morgan fingerprint density at radius 2 is 2.21 bits per heavy atom. The molecule has 1 saturated carbocycles. The van der Waals surface area contributed by atoms with Crippen LogP contribution in [0.2, 0.25) is 0 Å². The molecule has 1 fully saturated rings. The van der Waals surface area contributed by atoms with Gasteiger partial charge in [-0.15, -0.1) is 0 Å². The maximum Gasteiger partial charge on any atom is 0.126 e. The molecule has 1 aromatic rings. The lowest BCUT2D eigenvalue weighted by atomic mass is 10.4. The van der Waals surface area contributed by atoms with Gasteiger partial charge in [-0.25, -0.2) is 4.98 Å². The quantitative estimate of drug-likeness (QED) is 0.693. The fourth-order valence-electron chi connectivity index (χ4n) is 1.40. The van der Waals surface area contributed by atoms with Gasteiger partial charge in [-0.2, -0.15) is 0 Å². The molecule has 0 atom stereocenters. The van der Waals surface area contributed by atoms with E-state index in [1.165, 1.54) is 12.8 Å². The van der Waals surface area contributed by atoms with Gasteiger partial charge >= 0.3 is 0 Å². The van der Waals surface area contributed by atoms with Gasteiger partial charge in [-0.1, -0.05) is 6.07 Å². The van der Waals surface area contributed by atoms with Crippen LogP contribution in [0.4, 0.5) is 5.82 Å². The molecule has 0 amide bonds. The molecule has 0 aromatic carbocycles. The van der Waals surface area contributed by atoms with E-state index in [-0.39, 0.29) is 0 Å². The summed E-state index contributed by atoms with van der Waals surface area (Å²) < 4.78 is 0. The Kier molecular flexibility index (Phi) is 2.99. The highest BCUT2D eigenvalue weighted by Gasteiger charge is 2.19. The third-order valence-corrected chi connectivity index (χ3v) is 2.33. The molecule has 2 N–H and O–H groups in total. The number of pyridine rings is 1. The number of hydrogen-bond acceptors (Lipinski definition) is 3. The normalized spacial score (nSPS) is 15.5. The molecule has 1 aliphatic rings. The van der Waals surface area contributed by atoms with Gasteiger partial charge in [0, 0.05) is 24.8 Å². The minimum atomic E-state index is 0.794. The second-order valence-corrected chi connectivity index (χ2v) is 3.82. The Labute approximate surface area is 84.9 Å². The summed E-state index contributed by atoms with van der Waals surface area (Å²) in [6, 6.07) is 6.83. The minimum Gasteiger partial charge on any atom is -0.369 e. The predicted molar refractivity (Wildman–Crippen MR) is 58.5 cm³/mol. The molecule has 1 aliphatic carbocycles. The van der Waals surface area contributed by atoms with Crippen molar-refractivity contribution in [3.05, 3.63) is 23.9 Å². The number of nitrogens with one attached hydrogen (secondary N) is 2. The average molecular weight is 191 g/mol. The fraction of sp³-hybridized carbons (Fsp3) is 0.545. The maximum absolute atomic E-state index is 4.37. The summed E-state index contributed by atoms with van der Waals surface area (Å²) in [6.07, 6.45) is 2.70. The third kappa shape index (κ3) is 3.00. The SMILES string of the molecule is Cc1cccc(NCCNC2CC2)n1. The van der Waals surface area contributed by atoms with Crippen LogP contribution >= 0.6 is 0 Å². The first-order chi connectivity index (χ1) is 6.84. The lowest BCUT2D eigenvalue weighted by Gasteiger charge is -2.06. The standard InChI is InChI=1S/C11H17N3/c1-9-3-2-4-11(14-9)13-8-7-12-10-5-6-10/h2-4,10,12H,5-8H2,1H3,(H,13,14). The van der Waals surface area contributed by atoms with Gasteiger partial charge < -0.3 is 10.6 Å². The number of anilines is 1. The average Bonchev–Trinajstić information content (AvgIpc) is 2.96. The Hall–Kier alpha value is -1.09. The lowest BCUT2D eigenvalue weighted by molar-refractivity contribution is 0.700. The Bertz CT molecular complexity index is 294. The molecule has 3 heteroatoms. The van der Waals surface area contributed by atoms with Gasteiger partial charge in [0.15, 0.2) is 0 Å². The van der Waals surface area contributed by atoms with Gasteiger partial charge in [0.25, 0.3) is 0 Å². The molecule has 0 saturated heterocycles. The van der Waals surface area contributed by atoms with Crippen LogP contribution < -0.4 is 10.6 Å². The van der Waals surface area contributed by atoms with Crippen molar-refractivity contribution in [2.45, 2.75) is 25.8 Å². The Morgan fingerprint density at radius 3 is 2.93 bits per heavy atom. The van der Waals surface area contributed by atoms with Crippen LogP contribution in [0.3, 0.4) is 0 Å². The Morgan fingerprint density at radius 1 is 1.36 bits per heavy atom. The molecule has 0 aliphatic heterocycles. The van der Waals surface area contributed by atoms with E-state index >= 15 is 0 Å². The van der Waals surface area contributed by atoms with Crippen molar-refractivity contribution in [3.63, 3.8) is 0 Å². The van der Waals surface area contributed by atoms with Gasteiger partial charge in [0.1, 0.15) is 5.82 Å². The van der Waals surface area contributed by atoms with Gasteiger partial charge in [0.05, 0.1) is 0 Å². The Balaban J connectivity index is 1.68. The van der Waals surface area contributed by atoms with Crippen molar-refractivity contribution in [2.24, 2.45) is 0 Å². The number of hydrogen-bond donors (Lipinski definition) is 2. The minimum absolute atomic E-state index is 0.794. The zero-order valence-electron chi connectivity index (χ0n) is 8.59. The molecular weight excluding hydrogens is 174 g/mol. The van der Waals surface area contributed by atoms with Gasteiger partial charge in [0.2, 0.25) is 0 Å². The molecule has 0 unspecified atom stereocenters. The van der Waals surface area contributed by atoms with E-state index in [0.29, 0.717) is 0 Å². The second-order valence-electron chi connectivity index (χ2n) is 3.82. The van der Waals surface area contributed by atoms with Crippen molar-refractivity contribution in [1.82, 2.24) is 10.3 Å². The molecule has 0 radical (unpaired) electrons. The van der Waals surface area contributed by atoms with E-state index in [9.17, 15) is 0 Å². The van der Waals surface area contributed by atoms with Crippen LogP contribution in [0.25, 0.3) is 0 Å². The van der Waals surface area contributed by atoms with Crippen molar-refractivity contribution in [2.75, 3.05) is 18.4 Å². The smallest absolute Gasteiger partial charge is 0.126 e. The molecule has 2 rings (SSSR count). The fourth-order valence-corrected chi connectivity index (χ4v) is 1.40. The van der Waals surface area contributed by atoms with Crippen LogP contribution in [0.15, 0.2) is 18.2 Å². The number of nitrogens with zero attached hydrogens (tertiary/aromatic N) is 1. The highest BCUT2D eigenvalue weighted by molar-refractivity contribution is 5.34.